The van der Waals surface area contributed by atoms with Crippen LogP contribution in [0.3, 0.4) is 0 Å². The average molecular weight is 248 g/mol. The molecule has 0 aliphatic heterocycles. The maximum Gasteiger partial charge on any atom is 0.335 e. The smallest absolute Gasteiger partial charge is 0.335 e. The highest BCUT2D eigenvalue weighted by molar-refractivity contribution is 7.08. The lowest BCUT2D eigenvalue weighted by atomic mass is 10.0. The van der Waals surface area contributed by atoms with Crippen LogP contribution in [-0.2, 0) is 0 Å². The molecule has 0 saturated carbocycles. The molecule has 1 aromatic carbocycles. The number of carboxylic acid groups (broad SMARTS) is 2. The van der Waals surface area contributed by atoms with Crippen molar-refractivity contribution in [2.75, 3.05) is 0 Å². The summed E-state index contributed by atoms with van der Waals surface area (Å²) in [6.07, 6.45) is 0. The Balaban J connectivity index is 2.60. The fraction of sp³-hybridized carbons (Fsp3) is 0. The molecule has 0 atom stereocenters. The van der Waals surface area contributed by atoms with Crippen molar-refractivity contribution in [3.05, 3.63) is 46.2 Å². The van der Waals surface area contributed by atoms with Crippen molar-refractivity contribution in [2.24, 2.45) is 0 Å². The molecule has 86 valence electrons. The number of aromatic carboxylic acids is 2. The van der Waals surface area contributed by atoms with E-state index in [2.05, 4.69) is 0 Å². The highest BCUT2D eigenvalue weighted by Gasteiger charge is 2.12. The lowest BCUT2D eigenvalue weighted by Gasteiger charge is -2.03. The first-order valence-electron chi connectivity index (χ1n) is 4.72. The number of rotatable bonds is 3. The Morgan fingerprint density at radius 3 is 1.94 bits per heavy atom. The van der Waals surface area contributed by atoms with Crippen molar-refractivity contribution < 1.29 is 19.8 Å². The molecule has 0 saturated heterocycles. The van der Waals surface area contributed by atoms with Crippen LogP contribution in [-0.4, -0.2) is 22.2 Å². The van der Waals surface area contributed by atoms with E-state index in [0.29, 0.717) is 5.56 Å². The normalized spacial score (nSPS) is 10.1. The molecule has 0 amide bonds. The molecule has 17 heavy (non-hydrogen) atoms. The maximum absolute atomic E-state index is 10.9. The van der Waals surface area contributed by atoms with E-state index in [1.807, 2.05) is 16.8 Å². The van der Waals surface area contributed by atoms with Gasteiger partial charge in [0.2, 0.25) is 0 Å². The summed E-state index contributed by atoms with van der Waals surface area (Å²) < 4.78 is 0. The largest absolute Gasteiger partial charge is 0.478 e. The Kier molecular flexibility index (Phi) is 2.93. The molecular formula is C12H8O4S. The van der Waals surface area contributed by atoms with Gasteiger partial charge in [-0.2, -0.15) is 11.3 Å². The molecule has 2 rings (SSSR count). The zero-order valence-electron chi connectivity index (χ0n) is 8.58. The van der Waals surface area contributed by atoms with E-state index in [1.54, 1.807) is 0 Å². The number of carboxylic acids is 2. The summed E-state index contributed by atoms with van der Waals surface area (Å²) in [5, 5.41) is 21.5. The topological polar surface area (TPSA) is 74.6 Å². The van der Waals surface area contributed by atoms with Gasteiger partial charge < -0.3 is 10.2 Å². The van der Waals surface area contributed by atoms with Gasteiger partial charge in [0, 0.05) is 0 Å². The monoisotopic (exact) mass is 248 g/mol. The molecule has 5 heteroatoms. The van der Waals surface area contributed by atoms with Crippen LogP contribution in [0.4, 0.5) is 0 Å². The first-order valence-corrected chi connectivity index (χ1v) is 5.66. The van der Waals surface area contributed by atoms with Crippen LogP contribution in [0.1, 0.15) is 20.7 Å². The van der Waals surface area contributed by atoms with Crippen LogP contribution >= 0.6 is 11.3 Å². The molecule has 0 aliphatic carbocycles. The number of thiophene rings is 1. The lowest BCUT2D eigenvalue weighted by Crippen LogP contribution is -2.02. The summed E-state index contributed by atoms with van der Waals surface area (Å²) in [6, 6.07) is 5.91. The van der Waals surface area contributed by atoms with Gasteiger partial charge in [0.1, 0.15) is 0 Å². The highest BCUT2D eigenvalue weighted by atomic mass is 32.1. The first kappa shape index (κ1) is 11.3. The summed E-state index contributed by atoms with van der Waals surface area (Å²) in [6.45, 7) is 0. The molecule has 0 bridgehead atoms. The fourth-order valence-corrected chi connectivity index (χ4v) is 2.13. The van der Waals surface area contributed by atoms with Crippen LogP contribution in [0.2, 0.25) is 0 Å². The van der Waals surface area contributed by atoms with Gasteiger partial charge in [-0.3, -0.25) is 0 Å². The quantitative estimate of drug-likeness (QED) is 0.875. The third-order valence-corrected chi connectivity index (χ3v) is 2.96. The van der Waals surface area contributed by atoms with Gasteiger partial charge in [-0.25, -0.2) is 9.59 Å². The van der Waals surface area contributed by atoms with E-state index in [0.717, 1.165) is 11.6 Å². The van der Waals surface area contributed by atoms with Crippen LogP contribution in [0.25, 0.3) is 11.1 Å². The third-order valence-electron chi connectivity index (χ3n) is 2.28. The molecule has 2 aromatic rings. The Morgan fingerprint density at radius 1 is 0.941 bits per heavy atom. The predicted molar refractivity (Wildman–Crippen MR) is 63.7 cm³/mol. The molecule has 0 aliphatic rings. The van der Waals surface area contributed by atoms with Crippen LogP contribution < -0.4 is 0 Å². The Hall–Kier alpha value is -2.14. The van der Waals surface area contributed by atoms with Gasteiger partial charge in [-0.05, 0) is 46.2 Å². The number of hydrogen-bond acceptors (Lipinski definition) is 3. The molecule has 1 aromatic heterocycles. The van der Waals surface area contributed by atoms with Crippen molar-refractivity contribution in [1.29, 1.82) is 0 Å². The van der Waals surface area contributed by atoms with Gasteiger partial charge in [0.25, 0.3) is 0 Å². The molecule has 0 unspecified atom stereocenters. The lowest BCUT2D eigenvalue weighted by molar-refractivity contribution is 0.0696. The fourth-order valence-electron chi connectivity index (χ4n) is 1.47. The summed E-state index contributed by atoms with van der Waals surface area (Å²) in [7, 11) is 0. The van der Waals surface area contributed by atoms with Crippen molar-refractivity contribution in [3.63, 3.8) is 0 Å². The molecule has 0 spiro atoms. The second-order valence-corrected chi connectivity index (χ2v) is 4.20. The average Bonchev–Trinajstić information content (AvgIpc) is 2.81. The van der Waals surface area contributed by atoms with Crippen LogP contribution in [0, 0.1) is 0 Å². The Morgan fingerprint density at radius 2 is 1.53 bits per heavy atom. The Bertz CT molecular complexity index is 540. The summed E-state index contributed by atoms with van der Waals surface area (Å²) >= 11 is 1.47. The van der Waals surface area contributed by atoms with Crippen molar-refractivity contribution in [1.82, 2.24) is 0 Å². The van der Waals surface area contributed by atoms with E-state index >= 15 is 0 Å². The number of hydrogen-bond donors (Lipinski definition) is 2. The molecule has 1 heterocycles. The van der Waals surface area contributed by atoms with Gasteiger partial charge >= 0.3 is 11.9 Å². The number of benzene rings is 1. The molecule has 0 radical (unpaired) electrons. The highest BCUT2D eigenvalue weighted by Crippen LogP contribution is 2.24. The predicted octanol–water partition coefficient (Wildman–Crippen LogP) is 2.81. The summed E-state index contributed by atoms with van der Waals surface area (Å²) in [4.78, 5) is 21.8. The molecular weight excluding hydrogens is 240 g/mol. The number of carbonyl (C=O) groups is 2. The van der Waals surface area contributed by atoms with E-state index in [1.165, 1.54) is 23.5 Å². The first-order chi connectivity index (χ1) is 8.08. The second kappa shape index (κ2) is 4.39. The molecule has 4 nitrogen and oxygen atoms in total. The van der Waals surface area contributed by atoms with E-state index in [9.17, 15) is 9.59 Å². The standard InChI is InChI=1S/C12H8O4S/c13-11(14)9-3-8(7-1-2-17-6-7)4-10(5-9)12(15)16/h1-6H,(H,13,14)(H,15,16). The molecule has 2 N–H and O–H groups in total. The van der Waals surface area contributed by atoms with Crippen molar-refractivity contribution >= 4 is 23.3 Å². The van der Waals surface area contributed by atoms with E-state index in [4.69, 9.17) is 10.2 Å². The SMILES string of the molecule is O=C(O)c1cc(C(=O)O)cc(-c2ccsc2)c1. The summed E-state index contributed by atoms with van der Waals surface area (Å²) in [5.74, 6) is -2.27. The zero-order chi connectivity index (χ0) is 12.4. The van der Waals surface area contributed by atoms with Crippen molar-refractivity contribution in [2.45, 2.75) is 0 Å². The van der Waals surface area contributed by atoms with Crippen molar-refractivity contribution in [3.8, 4) is 11.1 Å². The second-order valence-electron chi connectivity index (χ2n) is 3.42. The van der Waals surface area contributed by atoms with Gasteiger partial charge in [-0.1, -0.05) is 0 Å². The van der Waals surface area contributed by atoms with Crippen LogP contribution in [0.15, 0.2) is 35.0 Å². The minimum absolute atomic E-state index is 0.0221. The minimum Gasteiger partial charge on any atom is -0.478 e. The maximum atomic E-state index is 10.9. The molecule has 0 fully saturated rings. The third kappa shape index (κ3) is 2.34. The van der Waals surface area contributed by atoms with E-state index < -0.39 is 11.9 Å². The Labute approximate surface area is 101 Å². The van der Waals surface area contributed by atoms with E-state index in [-0.39, 0.29) is 11.1 Å². The van der Waals surface area contributed by atoms with Gasteiger partial charge in [0.05, 0.1) is 11.1 Å². The minimum atomic E-state index is -1.13. The van der Waals surface area contributed by atoms with Crippen LogP contribution in [0.5, 0.6) is 0 Å². The van der Waals surface area contributed by atoms with Gasteiger partial charge in [-0.15, -0.1) is 0 Å². The van der Waals surface area contributed by atoms with Gasteiger partial charge in [0.15, 0.2) is 0 Å². The zero-order valence-corrected chi connectivity index (χ0v) is 9.40. The summed E-state index contributed by atoms with van der Waals surface area (Å²) in [5.41, 5.74) is 1.38.